The second-order valence-electron chi connectivity index (χ2n) is 6.56. The Balaban J connectivity index is 1.72. The number of aryl methyl sites for hydroxylation is 1. The lowest BCUT2D eigenvalue weighted by Crippen LogP contribution is -2.46. The van der Waals surface area contributed by atoms with Crippen LogP contribution in [0.2, 0.25) is 5.02 Å². The van der Waals surface area contributed by atoms with Crippen LogP contribution in [-0.4, -0.2) is 65.7 Å². The summed E-state index contributed by atoms with van der Waals surface area (Å²) in [5.74, 6) is -0.0619. The van der Waals surface area contributed by atoms with Gasteiger partial charge in [0.25, 0.3) is 0 Å². The Morgan fingerprint density at radius 3 is 2.28 bits per heavy atom. The molecule has 0 saturated carbocycles. The van der Waals surface area contributed by atoms with Crippen molar-refractivity contribution in [3.8, 4) is 0 Å². The third-order valence-electron chi connectivity index (χ3n) is 4.63. The van der Waals surface area contributed by atoms with Crippen molar-refractivity contribution in [3.05, 3.63) is 58.4 Å². The standard InChI is InChI=1S/C19H22ClN3O2/c1-21-7-9-23(10-8-21)13-18(24)15-11-17(22(2)12-15)19(25)14-3-5-16(20)6-4-14/h3-6,11-12H,7-10,13H2,1-2H3. The van der Waals surface area contributed by atoms with Crippen molar-refractivity contribution in [3.63, 3.8) is 0 Å². The highest BCUT2D eigenvalue weighted by molar-refractivity contribution is 6.30. The Morgan fingerprint density at radius 1 is 1.00 bits per heavy atom. The maximum atomic E-state index is 12.6. The fraction of sp³-hybridized carbons (Fsp3) is 0.368. The summed E-state index contributed by atoms with van der Waals surface area (Å²) >= 11 is 5.87. The lowest BCUT2D eigenvalue weighted by molar-refractivity contribution is 0.0876. The second kappa shape index (κ2) is 7.52. The molecule has 1 aliphatic heterocycles. The van der Waals surface area contributed by atoms with Gasteiger partial charge in [0.15, 0.2) is 5.78 Å². The molecule has 0 radical (unpaired) electrons. The molecule has 6 heteroatoms. The van der Waals surface area contributed by atoms with Crippen LogP contribution in [0, 0.1) is 0 Å². The monoisotopic (exact) mass is 359 g/mol. The summed E-state index contributed by atoms with van der Waals surface area (Å²) in [5, 5.41) is 0.589. The molecular formula is C19H22ClN3O2. The first-order valence-corrected chi connectivity index (χ1v) is 8.72. The molecule has 1 aromatic carbocycles. The molecule has 2 aromatic rings. The Labute approximate surface area is 152 Å². The maximum absolute atomic E-state index is 12.6. The third-order valence-corrected chi connectivity index (χ3v) is 4.88. The van der Waals surface area contributed by atoms with Crippen molar-refractivity contribution in [1.82, 2.24) is 14.4 Å². The van der Waals surface area contributed by atoms with Crippen molar-refractivity contribution in [1.29, 1.82) is 0 Å². The summed E-state index contributed by atoms with van der Waals surface area (Å²) in [5.41, 5.74) is 1.64. The quantitative estimate of drug-likeness (QED) is 0.769. The van der Waals surface area contributed by atoms with Crippen molar-refractivity contribution in [2.45, 2.75) is 0 Å². The largest absolute Gasteiger partial charge is 0.347 e. The molecule has 5 nitrogen and oxygen atoms in total. The number of Topliss-reactive ketones (excluding diaryl/α,β-unsaturated/α-hetero) is 1. The van der Waals surface area contributed by atoms with Gasteiger partial charge in [-0.1, -0.05) is 11.6 Å². The zero-order valence-electron chi connectivity index (χ0n) is 14.5. The van der Waals surface area contributed by atoms with E-state index in [-0.39, 0.29) is 11.6 Å². The number of halogens is 1. The van der Waals surface area contributed by atoms with E-state index in [1.807, 2.05) is 0 Å². The first kappa shape index (κ1) is 17.9. The smallest absolute Gasteiger partial charge is 0.209 e. The van der Waals surface area contributed by atoms with E-state index in [1.165, 1.54) is 0 Å². The molecule has 0 spiro atoms. The Hall–Kier alpha value is -1.95. The summed E-state index contributed by atoms with van der Waals surface area (Å²) in [7, 11) is 3.88. The average Bonchev–Trinajstić information content (AvgIpc) is 2.99. The summed E-state index contributed by atoms with van der Waals surface area (Å²) in [6.07, 6.45) is 1.74. The van der Waals surface area contributed by atoms with Gasteiger partial charge in [-0.25, -0.2) is 0 Å². The van der Waals surface area contributed by atoms with Gasteiger partial charge in [-0.05, 0) is 37.4 Å². The van der Waals surface area contributed by atoms with E-state index in [0.29, 0.717) is 28.4 Å². The molecule has 0 aliphatic carbocycles. The van der Waals surface area contributed by atoms with E-state index < -0.39 is 0 Å². The van der Waals surface area contributed by atoms with E-state index >= 15 is 0 Å². The number of piperazine rings is 1. The van der Waals surface area contributed by atoms with Crippen LogP contribution in [-0.2, 0) is 7.05 Å². The summed E-state index contributed by atoms with van der Waals surface area (Å²) in [6, 6.07) is 8.47. The number of hydrogen-bond acceptors (Lipinski definition) is 4. The van der Waals surface area contributed by atoms with Crippen molar-refractivity contribution in [2.24, 2.45) is 7.05 Å². The van der Waals surface area contributed by atoms with E-state index in [0.717, 1.165) is 26.2 Å². The molecule has 1 fully saturated rings. The third kappa shape index (κ3) is 4.18. The fourth-order valence-electron chi connectivity index (χ4n) is 2.99. The highest BCUT2D eigenvalue weighted by Gasteiger charge is 2.21. The Bertz CT molecular complexity index is 774. The van der Waals surface area contributed by atoms with Crippen molar-refractivity contribution < 1.29 is 9.59 Å². The number of benzene rings is 1. The number of carbonyl (C=O) groups excluding carboxylic acids is 2. The molecule has 0 unspecified atom stereocenters. The minimum absolute atomic E-state index is 0.0512. The molecule has 0 N–H and O–H groups in total. The van der Waals surface area contributed by atoms with Gasteiger partial charge in [-0.3, -0.25) is 14.5 Å². The van der Waals surface area contributed by atoms with Gasteiger partial charge in [-0.2, -0.15) is 0 Å². The van der Waals surface area contributed by atoms with E-state index in [4.69, 9.17) is 11.6 Å². The summed E-state index contributed by atoms with van der Waals surface area (Å²) < 4.78 is 1.72. The zero-order valence-corrected chi connectivity index (χ0v) is 15.3. The lowest BCUT2D eigenvalue weighted by atomic mass is 10.1. The number of nitrogens with zero attached hydrogens (tertiary/aromatic N) is 3. The Morgan fingerprint density at radius 2 is 1.64 bits per heavy atom. The lowest BCUT2D eigenvalue weighted by Gasteiger charge is -2.31. The maximum Gasteiger partial charge on any atom is 0.209 e. The normalized spacial score (nSPS) is 16.1. The van der Waals surface area contributed by atoms with Gasteiger partial charge in [0, 0.05) is 55.6 Å². The van der Waals surface area contributed by atoms with Crippen LogP contribution in [0.15, 0.2) is 36.5 Å². The van der Waals surface area contributed by atoms with Gasteiger partial charge >= 0.3 is 0 Å². The van der Waals surface area contributed by atoms with Crippen molar-refractivity contribution in [2.75, 3.05) is 39.8 Å². The summed E-state index contributed by atoms with van der Waals surface area (Å²) in [6.45, 7) is 4.13. The van der Waals surface area contributed by atoms with Crippen molar-refractivity contribution >= 4 is 23.2 Å². The molecule has 1 aromatic heterocycles. The average molecular weight is 360 g/mol. The highest BCUT2D eigenvalue weighted by Crippen LogP contribution is 2.16. The van der Waals surface area contributed by atoms with Crippen LogP contribution in [0.5, 0.6) is 0 Å². The zero-order chi connectivity index (χ0) is 18.0. The fourth-order valence-corrected chi connectivity index (χ4v) is 3.12. The molecule has 0 atom stereocenters. The molecule has 1 aliphatic rings. The number of hydrogen-bond donors (Lipinski definition) is 0. The number of rotatable bonds is 5. The molecular weight excluding hydrogens is 338 g/mol. The number of ketones is 2. The SMILES string of the molecule is CN1CCN(CC(=O)c2cc(C(=O)c3ccc(Cl)cc3)n(C)c2)CC1. The molecule has 3 rings (SSSR count). The molecule has 0 amide bonds. The molecule has 0 bridgehead atoms. The first-order chi connectivity index (χ1) is 11.9. The Kier molecular flexibility index (Phi) is 5.37. The molecule has 2 heterocycles. The van der Waals surface area contributed by atoms with Crippen LogP contribution < -0.4 is 0 Å². The van der Waals surface area contributed by atoms with Crippen LogP contribution in [0.3, 0.4) is 0 Å². The molecule has 1 saturated heterocycles. The summed E-state index contributed by atoms with van der Waals surface area (Å²) in [4.78, 5) is 29.6. The number of likely N-dealkylation sites (N-methyl/N-ethyl adjacent to an activating group) is 1. The first-order valence-electron chi connectivity index (χ1n) is 8.35. The highest BCUT2D eigenvalue weighted by atomic mass is 35.5. The van der Waals surface area contributed by atoms with Gasteiger partial charge in [-0.15, -0.1) is 0 Å². The van der Waals surface area contributed by atoms with E-state index in [2.05, 4.69) is 16.8 Å². The van der Waals surface area contributed by atoms with E-state index in [1.54, 1.807) is 48.1 Å². The minimum Gasteiger partial charge on any atom is -0.347 e. The van der Waals surface area contributed by atoms with Crippen LogP contribution in [0.4, 0.5) is 0 Å². The van der Waals surface area contributed by atoms with Gasteiger partial charge < -0.3 is 9.47 Å². The second-order valence-corrected chi connectivity index (χ2v) is 7.00. The molecule has 132 valence electrons. The van der Waals surface area contributed by atoms with Crippen LogP contribution in [0.25, 0.3) is 0 Å². The minimum atomic E-state index is -0.113. The van der Waals surface area contributed by atoms with Gasteiger partial charge in [0.2, 0.25) is 5.78 Å². The topological polar surface area (TPSA) is 45.6 Å². The number of carbonyl (C=O) groups is 2. The number of aromatic nitrogens is 1. The predicted molar refractivity (Wildman–Crippen MR) is 98.6 cm³/mol. The molecule has 25 heavy (non-hydrogen) atoms. The predicted octanol–water partition coefficient (Wildman–Crippen LogP) is 2.34. The van der Waals surface area contributed by atoms with E-state index in [9.17, 15) is 9.59 Å². The van der Waals surface area contributed by atoms with Gasteiger partial charge in [0.05, 0.1) is 12.2 Å². The van der Waals surface area contributed by atoms with Crippen LogP contribution in [0.1, 0.15) is 26.4 Å². The van der Waals surface area contributed by atoms with Gasteiger partial charge in [0.1, 0.15) is 0 Å². The van der Waals surface area contributed by atoms with Crippen LogP contribution >= 0.6 is 11.6 Å².